The Kier molecular flexibility index (Phi) is 8.63. The highest BCUT2D eigenvalue weighted by Crippen LogP contribution is 2.32. The molecule has 0 fully saturated rings. The first-order chi connectivity index (χ1) is 14.6. The van der Waals surface area contributed by atoms with Crippen molar-refractivity contribution in [1.82, 2.24) is 0 Å². The first kappa shape index (κ1) is 24.9. The summed E-state index contributed by atoms with van der Waals surface area (Å²) in [5.41, 5.74) is 1.21. The molecule has 0 spiro atoms. The number of benzene rings is 2. The fourth-order valence-electron chi connectivity index (χ4n) is 2.64. The minimum absolute atomic E-state index is 0.0592. The zero-order valence-corrected chi connectivity index (χ0v) is 20.4. The standard InChI is InChI=1S/C22H23IO7S/c1-5-28-21(24)15(4)11-16-12-17(23)13-19(22(25)29-6-2)20(16)30-31(26,27)18-9-7-14(3)8-10-18/h7-10,12-13H,4-6,11H2,1-3H3. The number of aryl methyl sites for hydroxylation is 1. The predicted octanol–water partition coefficient (Wildman–Crippen LogP) is 4.21. The molecule has 9 heteroatoms. The van der Waals surface area contributed by atoms with Crippen LogP contribution in [0, 0.1) is 10.5 Å². The summed E-state index contributed by atoms with van der Waals surface area (Å²) in [6.07, 6.45) is -0.0686. The second-order valence-corrected chi connectivity index (χ2v) is 9.31. The van der Waals surface area contributed by atoms with Crippen LogP contribution in [-0.4, -0.2) is 33.6 Å². The molecule has 0 unspecified atom stereocenters. The van der Waals surface area contributed by atoms with Crippen LogP contribution in [0.3, 0.4) is 0 Å². The number of hydrogen-bond acceptors (Lipinski definition) is 7. The molecule has 0 heterocycles. The summed E-state index contributed by atoms with van der Waals surface area (Å²) in [4.78, 5) is 24.5. The molecule has 0 N–H and O–H groups in total. The summed E-state index contributed by atoms with van der Waals surface area (Å²) in [7, 11) is -4.26. The third kappa shape index (κ3) is 6.54. The number of hydrogen-bond donors (Lipinski definition) is 0. The van der Waals surface area contributed by atoms with Gasteiger partial charge in [0.1, 0.15) is 10.5 Å². The van der Waals surface area contributed by atoms with Gasteiger partial charge in [-0.15, -0.1) is 0 Å². The van der Waals surface area contributed by atoms with Gasteiger partial charge in [0, 0.05) is 21.1 Å². The van der Waals surface area contributed by atoms with E-state index in [1.807, 2.05) is 29.5 Å². The van der Waals surface area contributed by atoms with Crippen LogP contribution in [0.1, 0.15) is 35.3 Å². The lowest BCUT2D eigenvalue weighted by molar-refractivity contribution is -0.138. The van der Waals surface area contributed by atoms with Crippen LogP contribution in [0.15, 0.2) is 53.4 Å². The number of carbonyl (C=O) groups is 2. The van der Waals surface area contributed by atoms with Crippen molar-refractivity contribution in [3.05, 3.63) is 68.8 Å². The molecule has 2 aromatic carbocycles. The molecule has 31 heavy (non-hydrogen) atoms. The van der Waals surface area contributed by atoms with Crippen molar-refractivity contribution < 1.29 is 31.7 Å². The van der Waals surface area contributed by atoms with Gasteiger partial charge in [-0.2, -0.15) is 8.42 Å². The Morgan fingerprint density at radius 3 is 2.23 bits per heavy atom. The van der Waals surface area contributed by atoms with Gasteiger partial charge in [-0.3, -0.25) is 0 Å². The topological polar surface area (TPSA) is 96.0 Å². The Hall–Kier alpha value is -2.40. The molecule has 0 aliphatic carbocycles. The number of carbonyl (C=O) groups excluding carboxylic acids is 2. The van der Waals surface area contributed by atoms with Crippen molar-refractivity contribution in [1.29, 1.82) is 0 Å². The monoisotopic (exact) mass is 558 g/mol. The van der Waals surface area contributed by atoms with E-state index < -0.39 is 22.1 Å². The Bertz CT molecular complexity index is 1090. The highest BCUT2D eigenvalue weighted by molar-refractivity contribution is 14.1. The summed E-state index contributed by atoms with van der Waals surface area (Å²) in [5, 5.41) is 0. The van der Waals surface area contributed by atoms with E-state index in [1.165, 1.54) is 18.2 Å². The maximum atomic E-state index is 12.9. The van der Waals surface area contributed by atoms with Crippen LogP contribution in [0.25, 0.3) is 0 Å². The quantitative estimate of drug-likeness (QED) is 0.197. The molecule has 0 bridgehead atoms. The third-order valence-electron chi connectivity index (χ3n) is 4.10. The van der Waals surface area contributed by atoms with Gasteiger partial charge in [-0.1, -0.05) is 24.3 Å². The maximum absolute atomic E-state index is 12.9. The minimum Gasteiger partial charge on any atom is -0.463 e. The second kappa shape index (κ2) is 10.8. The molecule has 0 aliphatic rings. The van der Waals surface area contributed by atoms with Crippen LogP contribution < -0.4 is 4.18 Å². The molecule has 2 aromatic rings. The third-order valence-corrected chi connectivity index (χ3v) is 5.96. The molecule has 0 amide bonds. The molecule has 7 nitrogen and oxygen atoms in total. The fourth-order valence-corrected chi connectivity index (χ4v) is 4.31. The first-order valence-electron chi connectivity index (χ1n) is 9.44. The average molecular weight is 558 g/mol. The maximum Gasteiger partial charge on any atom is 0.342 e. The van der Waals surface area contributed by atoms with Crippen LogP contribution in [0.5, 0.6) is 5.75 Å². The van der Waals surface area contributed by atoms with Crippen LogP contribution >= 0.6 is 22.6 Å². The van der Waals surface area contributed by atoms with Gasteiger partial charge in [0.25, 0.3) is 0 Å². The van der Waals surface area contributed by atoms with Crippen LogP contribution in [-0.2, 0) is 30.8 Å². The Morgan fingerprint density at radius 2 is 1.65 bits per heavy atom. The molecule has 2 rings (SSSR count). The highest BCUT2D eigenvalue weighted by atomic mass is 127. The number of rotatable bonds is 9. The van der Waals surface area contributed by atoms with Crippen molar-refractivity contribution in [3.8, 4) is 5.75 Å². The second-order valence-electron chi connectivity index (χ2n) is 6.51. The Labute approximate surface area is 195 Å². The van der Waals surface area contributed by atoms with Crippen molar-refractivity contribution in [2.24, 2.45) is 0 Å². The summed E-state index contributed by atoms with van der Waals surface area (Å²) in [5.74, 6) is -1.56. The summed E-state index contributed by atoms with van der Waals surface area (Å²) in [6, 6.07) is 9.19. The molecule has 0 saturated heterocycles. The van der Waals surface area contributed by atoms with Gasteiger partial charge < -0.3 is 13.7 Å². The van der Waals surface area contributed by atoms with Gasteiger partial charge in [0.15, 0.2) is 5.75 Å². The molecule has 0 saturated carbocycles. The van der Waals surface area contributed by atoms with Gasteiger partial charge in [0.05, 0.1) is 13.2 Å². The summed E-state index contributed by atoms with van der Waals surface area (Å²) >= 11 is 1.98. The largest absolute Gasteiger partial charge is 0.463 e. The fraction of sp³-hybridized carbons (Fsp3) is 0.273. The van der Waals surface area contributed by atoms with Crippen LogP contribution in [0.4, 0.5) is 0 Å². The summed E-state index contributed by atoms with van der Waals surface area (Å²) in [6.45, 7) is 9.11. The van der Waals surface area contributed by atoms with Crippen molar-refractivity contribution in [2.75, 3.05) is 13.2 Å². The molecule has 0 radical (unpaired) electrons. The van der Waals surface area contributed by atoms with E-state index in [2.05, 4.69) is 6.58 Å². The van der Waals surface area contributed by atoms with E-state index >= 15 is 0 Å². The lowest BCUT2D eigenvalue weighted by Gasteiger charge is -2.16. The molecule has 166 valence electrons. The number of halogens is 1. The predicted molar refractivity (Wildman–Crippen MR) is 124 cm³/mol. The molecular formula is C22H23IO7S. The number of ether oxygens (including phenoxy) is 2. The van der Waals surface area contributed by atoms with Gasteiger partial charge in [-0.05, 0) is 67.6 Å². The molecule has 0 aromatic heterocycles. The molecule has 0 aliphatic heterocycles. The highest BCUT2D eigenvalue weighted by Gasteiger charge is 2.26. The van der Waals surface area contributed by atoms with E-state index in [9.17, 15) is 18.0 Å². The first-order valence-corrected chi connectivity index (χ1v) is 11.9. The Morgan fingerprint density at radius 1 is 1.03 bits per heavy atom. The lowest BCUT2D eigenvalue weighted by Crippen LogP contribution is -2.17. The Balaban J connectivity index is 2.57. The zero-order chi connectivity index (χ0) is 23.2. The van der Waals surface area contributed by atoms with Gasteiger partial charge in [-0.25, -0.2) is 9.59 Å². The van der Waals surface area contributed by atoms with E-state index in [0.717, 1.165) is 5.56 Å². The molecular weight excluding hydrogens is 535 g/mol. The van der Waals surface area contributed by atoms with E-state index in [0.29, 0.717) is 9.13 Å². The van der Waals surface area contributed by atoms with Crippen LogP contribution in [0.2, 0.25) is 0 Å². The average Bonchev–Trinajstić information content (AvgIpc) is 2.70. The zero-order valence-electron chi connectivity index (χ0n) is 17.4. The number of esters is 2. The smallest absolute Gasteiger partial charge is 0.342 e. The van der Waals surface area contributed by atoms with E-state index in [1.54, 1.807) is 32.0 Å². The van der Waals surface area contributed by atoms with Gasteiger partial charge >= 0.3 is 22.1 Å². The van der Waals surface area contributed by atoms with E-state index in [-0.39, 0.29) is 41.4 Å². The SMILES string of the molecule is C=C(Cc1cc(I)cc(C(=O)OCC)c1OS(=O)(=O)c1ccc(C)cc1)C(=O)OCC. The van der Waals surface area contributed by atoms with Crippen molar-refractivity contribution >= 4 is 44.6 Å². The normalized spacial score (nSPS) is 11.0. The van der Waals surface area contributed by atoms with Crippen molar-refractivity contribution in [3.63, 3.8) is 0 Å². The lowest BCUT2D eigenvalue weighted by atomic mass is 10.0. The minimum atomic E-state index is -4.26. The van der Waals surface area contributed by atoms with Gasteiger partial charge in [0.2, 0.25) is 0 Å². The molecule has 0 atom stereocenters. The summed E-state index contributed by atoms with van der Waals surface area (Å²) < 4.78 is 41.9. The van der Waals surface area contributed by atoms with E-state index in [4.69, 9.17) is 13.7 Å². The van der Waals surface area contributed by atoms with Crippen molar-refractivity contribution in [2.45, 2.75) is 32.1 Å².